The smallest absolute Gasteiger partial charge is 0.308 e. The summed E-state index contributed by atoms with van der Waals surface area (Å²) < 4.78 is 5.05. The highest BCUT2D eigenvalue weighted by molar-refractivity contribution is 6.23. The first-order chi connectivity index (χ1) is 18.3. The number of carbonyl (C=O) groups excluding carboxylic acids is 4. The molecule has 1 fully saturated rings. The lowest BCUT2D eigenvalue weighted by Crippen LogP contribution is -2.46. The highest BCUT2D eigenvalue weighted by Crippen LogP contribution is 2.29. The lowest BCUT2D eigenvalue weighted by molar-refractivity contribution is -0.132. The Balaban J connectivity index is 1.43. The number of rotatable bonds is 7. The molecule has 0 aliphatic carbocycles. The van der Waals surface area contributed by atoms with E-state index in [1.165, 1.54) is 24.0 Å². The van der Waals surface area contributed by atoms with E-state index in [1.807, 2.05) is 43.5 Å². The first-order valence-corrected chi connectivity index (χ1v) is 12.4. The molecule has 1 atom stereocenters. The third kappa shape index (κ3) is 4.93. The zero-order valence-electron chi connectivity index (χ0n) is 21.1. The molecular weight excluding hydrogens is 482 g/mol. The number of imide groups is 1. The van der Waals surface area contributed by atoms with Gasteiger partial charge < -0.3 is 14.6 Å². The predicted molar refractivity (Wildman–Crippen MR) is 143 cm³/mol. The van der Waals surface area contributed by atoms with Crippen LogP contribution < -0.4 is 9.64 Å². The van der Waals surface area contributed by atoms with Crippen molar-refractivity contribution in [1.29, 1.82) is 0 Å². The second kappa shape index (κ2) is 10.3. The molecule has 3 aromatic carbocycles. The maximum Gasteiger partial charge on any atom is 0.308 e. The number of aromatic nitrogens is 1. The summed E-state index contributed by atoms with van der Waals surface area (Å²) in [5, 5.41) is 1.05. The topological polar surface area (TPSA) is 99.8 Å². The number of amides is 3. The van der Waals surface area contributed by atoms with Gasteiger partial charge in [0.25, 0.3) is 11.8 Å². The number of anilines is 1. The zero-order valence-corrected chi connectivity index (χ0v) is 21.1. The number of carbonyl (C=O) groups is 4. The van der Waals surface area contributed by atoms with Crippen molar-refractivity contribution >= 4 is 40.3 Å². The minimum atomic E-state index is -0.936. The molecule has 1 saturated heterocycles. The Bertz CT molecular complexity index is 1540. The average Bonchev–Trinajstić information content (AvgIpc) is 3.44. The van der Waals surface area contributed by atoms with Crippen LogP contribution in [-0.4, -0.2) is 46.2 Å². The number of aryl methyl sites for hydroxylation is 1. The summed E-state index contributed by atoms with van der Waals surface area (Å²) in [4.78, 5) is 57.5. The quantitative estimate of drug-likeness (QED) is 0.226. The van der Waals surface area contributed by atoms with Gasteiger partial charge in [-0.05, 0) is 61.4 Å². The standard InChI is InChI=1S/C30H27N3O5/c1-19-6-5-7-21(16-19)29(36)32(15-14-22-18-31-26-9-4-3-8-25(22)26)27-17-28(35)33(30(27)37)23-10-12-24(13-11-23)38-20(2)34/h3-13,16,18,27,31H,14-15,17H2,1-2H3. The van der Waals surface area contributed by atoms with Gasteiger partial charge in [0.1, 0.15) is 11.8 Å². The highest BCUT2D eigenvalue weighted by atomic mass is 16.5. The summed E-state index contributed by atoms with van der Waals surface area (Å²) in [5.41, 5.74) is 3.77. The van der Waals surface area contributed by atoms with Crippen molar-refractivity contribution in [1.82, 2.24) is 9.88 Å². The number of hydrogen-bond acceptors (Lipinski definition) is 5. The fourth-order valence-electron chi connectivity index (χ4n) is 4.88. The largest absolute Gasteiger partial charge is 0.427 e. The molecule has 5 rings (SSSR count). The summed E-state index contributed by atoms with van der Waals surface area (Å²) in [6.45, 7) is 3.46. The Kier molecular flexibility index (Phi) is 6.79. The van der Waals surface area contributed by atoms with Crippen LogP contribution in [0.2, 0.25) is 0 Å². The summed E-state index contributed by atoms with van der Waals surface area (Å²) in [6.07, 6.45) is 2.31. The number of nitrogens with zero attached hydrogens (tertiary/aromatic N) is 2. The summed E-state index contributed by atoms with van der Waals surface area (Å²) in [5.74, 6) is -1.31. The highest BCUT2D eigenvalue weighted by Gasteiger charge is 2.44. The molecule has 3 amide bonds. The molecule has 1 aromatic heterocycles. The van der Waals surface area contributed by atoms with Crippen LogP contribution in [0.3, 0.4) is 0 Å². The number of benzene rings is 3. The van der Waals surface area contributed by atoms with Crippen molar-refractivity contribution in [3.05, 3.63) is 95.7 Å². The van der Waals surface area contributed by atoms with Gasteiger partial charge in [-0.3, -0.25) is 19.2 Å². The predicted octanol–water partition coefficient (Wildman–Crippen LogP) is 4.42. The van der Waals surface area contributed by atoms with Crippen molar-refractivity contribution in [3.8, 4) is 5.75 Å². The maximum absolute atomic E-state index is 13.7. The summed E-state index contributed by atoms with van der Waals surface area (Å²) >= 11 is 0. The lowest BCUT2D eigenvalue weighted by Gasteiger charge is -2.28. The van der Waals surface area contributed by atoms with E-state index < -0.39 is 23.8 Å². The first-order valence-electron chi connectivity index (χ1n) is 12.4. The molecule has 0 saturated carbocycles. The molecule has 0 bridgehead atoms. The van der Waals surface area contributed by atoms with Gasteiger partial charge in [0.15, 0.2) is 0 Å². The first kappa shape index (κ1) is 25.0. The van der Waals surface area contributed by atoms with Crippen LogP contribution in [0.5, 0.6) is 5.75 Å². The summed E-state index contributed by atoms with van der Waals surface area (Å²) in [7, 11) is 0. The molecule has 0 radical (unpaired) electrons. The minimum Gasteiger partial charge on any atom is -0.427 e. The molecule has 0 spiro atoms. The molecule has 8 heteroatoms. The van der Waals surface area contributed by atoms with Gasteiger partial charge in [0, 0.05) is 36.1 Å². The van der Waals surface area contributed by atoms with Gasteiger partial charge in [-0.25, -0.2) is 4.90 Å². The third-order valence-corrected chi connectivity index (χ3v) is 6.68. The number of H-pyrrole nitrogens is 1. The van der Waals surface area contributed by atoms with Gasteiger partial charge in [0.05, 0.1) is 12.1 Å². The molecule has 38 heavy (non-hydrogen) atoms. The molecule has 1 N–H and O–H groups in total. The van der Waals surface area contributed by atoms with Gasteiger partial charge in [-0.15, -0.1) is 0 Å². The van der Waals surface area contributed by atoms with E-state index in [4.69, 9.17) is 4.74 Å². The van der Waals surface area contributed by atoms with E-state index in [-0.39, 0.29) is 18.9 Å². The van der Waals surface area contributed by atoms with Crippen LogP contribution in [0.4, 0.5) is 5.69 Å². The maximum atomic E-state index is 13.7. The number of fused-ring (bicyclic) bond motifs is 1. The van der Waals surface area contributed by atoms with Crippen LogP contribution in [0.25, 0.3) is 10.9 Å². The van der Waals surface area contributed by atoms with Crippen molar-refractivity contribution in [2.24, 2.45) is 0 Å². The van der Waals surface area contributed by atoms with E-state index >= 15 is 0 Å². The van der Waals surface area contributed by atoms with Crippen molar-refractivity contribution < 1.29 is 23.9 Å². The number of esters is 1. The van der Waals surface area contributed by atoms with Crippen LogP contribution >= 0.6 is 0 Å². The third-order valence-electron chi connectivity index (χ3n) is 6.68. The SMILES string of the molecule is CC(=O)Oc1ccc(N2C(=O)CC(N(CCc3c[nH]c4ccccc34)C(=O)c3cccc(C)c3)C2=O)cc1. The van der Waals surface area contributed by atoms with Crippen LogP contribution in [0.1, 0.15) is 34.8 Å². The number of hydrogen-bond donors (Lipinski definition) is 1. The lowest BCUT2D eigenvalue weighted by atomic mass is 10.1. The van der Waals surface area contributed by atoms with Crippen molar-refractivity contribution in [3.63, 3.8) is 0 Å². The zero-order chi connectivity index (χ0) is 26.8. The summed E-state index contributed by atoms with van der Waals surface area (Å²) in [6, 6.07) is 20.3. The van der Waals surface area contributed by atoms with Gasteiger partial charge >= 0.3 is 5.97 Å². The molecule has 1 aliphatic heterocycles. The molecular formula is C30H27N3O5. The second-order valence-electron chi connectivity index (χ2n) is 9.35. The second-order valence-corrected chi connectivity index (χ2v) is 9.35. The minimum absolute atomic E-state index is 0.115. The Hall–Kier alpha value is -4.72. The van der Waals surface area contributed by atoms with Crippen LogP contribution in [0, 0.1) is 6.92 Å². The molecule has 1 aliphatic rings. The normalized spacial score (nSPS) is 15.2. The number of aromatic amines is 1. The van der Waals surface area contributed by atoms with Crippen LogP contribution in [0.15, 0.2) is 79.0 Å². The Morgan fingerprint density at radius 3 is 2.53 bits per heavy atom. The Morgan fingerprint density at radius 2 is 1.79 bits per heavy atom. The van der Waals surface area contributed by atoms with Crippen molar-refractivity contribution in [2.75, 3.05) is 11.4 Å². The van der Waals surface area contributed by atoms with E-state index in [1.54, 1.807) is 30.3 Å². The molecule has 4 aromatic rings. The van der Waals surface area contributed by atoms with E-state index in [2.05, 4.69) is 4.98 Å². The van der Waals surface area contributed by atoms with Gasteiger partial charge in [-0.2, -0.15) is 0 Å². The molecule has 8 nitrogen and oxygen atoms in total. The Morgan fingerprint density at radius 1 is 1.03 bits per heavy atom. The molecule has 2 heterocycles. The van der Waals surface area contributed by atoms with Crippen LogP contribution in [-0.2, 0) is 20.8 Å². The average molecular weight is 510 g/mol. The fourth-order valence-corrected chi connectivity index (χ4v) is 4.88. The molecule has 1 unspecified atom stereocenters. The number of nitrogens with one attached hydrogen (secondary N) is 1. The van der Waals surface area contributed by atoms with Gasteiger partial charge in [0.2, 0.25) is 5.91 Å². The molecule has 192 valence electrons. The number of ether oxygens (including phenoxy) is 1. The van der Waals surface area contributed by atoms with Gasteiger partial charge in [-0.1, -0.05) is 35.9 Å². The van der Waals surface area contributed by atoms with Crippen molar-refractivity contribution in [2.45, 2.75) is 32.7 Å². The monoisotopic (exact) mass is 509 g/mol. The Labute approximate surface area is 219 Å². The fraction of sp³-hybridized carbons (Fsp3) is 0.200. The van der Waals surface area contributed by atoms with E-state index in [0.29, 0.717) is 23.4 Å². The number of para-hydroxylation sites is 1. The van der Waals surface area contributed by atoms with E-state index in [9.17, 15) is 19.2 Å². The van der Waals surface area contributed by atoms with E-state index in [0.717, 1.165) is 26.9 Å².